The van der Waals surface area contributed by atoms with Crippen molar-refractivity contribution in [3.05, 3.63) is 36.4 Å². The van der Waals surface area contributed by atoms with Gasteiger partial charge in [-0.1, -0.05) is 55.8 Å². The van der Waals surface area contributed by atoms with Crippen LogP contribution in [0.15, 0.2) is 41.4 Å². The lowest BCUT2D eigenvalue weighted by Crippen LogP contribution is -2.44. The minimum absolute atomic E-state index is 0.127. The number of nitrogens with zero attached hydrogens (tertiary/aromatic N) is 1. The Morgan fingerprint density at radius 1 is 1.22 bits per heavy atom. The molecule has 1 heterocycles. The number of thioether (sulfide) groups is 1. The van der Waals surface area contributed by atoms with Crippen molar-refractivity contribution in [2.75, 3.05) is 0 Å². The topological polar surface area (TPSA) is 42.0 Å². The van der Waals surface area contributed by atoms with E-state index in [0.29, 0.717) is 12.0 Å². The molecule has 0 saturated heterocycles. The van der Waals surface area contributed by atoms with Crippen molar-refractivity contribution in [2.24, 2.45) is 5.92 Å². The standard InChI is InChI=1S/C19H24N2OS/c1-13-7-3-5-9-16(13)21-19(22)14(2)23-18-12-11-15-8-4-6-10-17(15)20-18/h4,6,8,10-14,16H,3,5,7,9H2,1-2H3,(H,21,22)/t13-,14+,16-/m0/s1. The smallest absolute Gasteiger partial charge is 0.233 e. The van der Waals surface area contributed by atoms with E-state index in [0.717, 1.165) is 22.3 Å². The second kappa shape index (κ2) is 7.35. The molecule has 1 saturated carbocycles. The van der Waals surface area contributed by atoms with Gasteiger partial charge in [0.1, 0.15) is 0 Å². The molecule has 0 unspecified atom stereocenters. The van der Waals surface area contributed by atoms with Gasteiger partial charge in [-0.2, -0.15) is 0 Å². The third-order valence-electron chi connectivity index (χ3n) is 4.68. The Labute approximate surface area is 142 Å². The summed E-state index contributed by atoms with van der Waals surface area (Å²) in [5, 5.41) is 5.15. The van der Waals surface area contributed by atoms with Crippen LogP contribution in [0, 0.1) is 5.92 Å². The number of rotatable bonds is 4. The number of aromatic nitrogens is 1. The average Bonchev–Trinajstić information content (AvgIpc) is 2.56. The summed E-state index contributed by atoms with van der Waals surface area (Å²) < 4.78 is 0. The van der Waals surface area contributed by atoms with Gasteiger partial charge in [-0.15, -0.1) is 0 Å². The van der Waals surface area contributed by atoms with Crippen molar-refractivity contribution in [1.29, 1.82) is 0 Å². The van der Waals surface area contributed by atoms with E-state index in [1.165, 1.54) is 31.0 Å². The Morgan fingerprint density at radius 3 is 2.83 bits per heavy atom. The van der Waals surface area contributed by atoms with Crippen LogP contribution in [-0.2, 0) is 4.79 Å². The predicted octanol–water partition coefficient (Wildman–Crippen LogP) is 4.41. The SMILES string of the molecule is C[C@@H](Sc1ccc2ccccc2n1)C(=O)N[C@H]1CCCC[C@@H]1C. The van der Waals surface area contributed by atoms with Crippen LogP contribution in [0.25, 0.3) is 10.9 Å². The maximum atomic E-state index is 12.5. The number of nitrogens with one attached hydrogen (secondary N) is 1. The second-order valence-corrected chi connectivity index (χ2v) is 7.84. The van der Waals surface area contributed by atoms with Crippen molar-refractivity contribution in [1.82, 2.24) is 10.3 Å². The normalized spacial score (nSPS) is 22.7. The van der Waals surface area contributed by atoms with Gasteiger partial charge < -0.3 is 5.32 Å². The molecule has 2 aromatic rings. The molecule has 1 aromatic heterocycles. The highest BCUT2D eigenvalue weighted by Gasteiger charge is 2.25. The molecule has 3 rings (SSSR count). The zero-order valence-electron chi connectivity index (χ0n) is 13.8. The van der Waals surface area contributed by atoms with E-state index in [-0.39, 0.29) is 11.2 Å². The van der Waals surface area contributed by atoms with E-state index < -0.39 is 0 Å². The number of fused-ring (bicyclic) bond motifs is 1. The number of amides is 1. The average molecular weight is 328 g/mol. The van der Waals surface area contributed by atoms with Gasteiger partial charge in [0.05, 0.1) is 15.8 Å². The first-order chi connectivity index (χ1) is 11.1. The molecule has 0 radical (unpaired) electrons. The molecule has 122 valence electrons. The van der Waals surface area contributed by atoms with E-state index in [9.17, 15) is 4.79 Å². The molecular weight excluding hydrogens is 304 g/mol. The van der Waals surface area contributed by atoms with E-state index in [1.807, 2.05) is 31.2 Å². The van der Waals surface area contributed by atoms with Crippen LogP contribution in [0.2, 0.25) is 0 Å². The molecule has 1 N–H and O–H groups in total. The summed E-state index contributed by atoms with van der Waals surface area (Å²) in [5.74, 6) is 0.715. The van der Waals surface area contributed by atoms with Gasteiger partial charge in [0.25, 0.3) is 0 Å². The van der Waals surface area contributed by atoms with Crippen molar-refractivity contribution < 1.29 is 4.79 Å². The Balaban J connectivity index is 1.62. The maximum Gasteiger partial charge on any atom is 0.233 e. The fourth-order valence-corrected chi connectivity index (χ4v) is 4.01. The molecule has 4 heteroatoms. The first-order valence-corrected chi connectivity index (χ1v) is 9.34. The van der Waals surface area contributed by atoms with Gasteiger partial charge in [0.2, 0.25) is 5.91 Å². The summed E-state index contributed by atoms with van der Waals surface area (Å²) in [7, 11) is 0. The Kier molecular flexibility index (Phi) is 5.21. The summed E-state index contributed by atoms with van der Waals surface area (Å²) in [6, 6.07) is 12.5. The summed E-state index contributed by atoms with van der Waals surface area (Å²) in [6.07, 6.45) is 4.85. The number of para-hydroxylation sites is 1. The largest absolute Gasteiger partial charge is 0.352 e. The molecule has 1 aliphatic carbocycles. The van der Waals surface area contributed by atoms with Crippen LogP contribution in [0.1, 0.15) is 39.5 Å². The Hall–Kier alpha value is -1.55. The summed E-state index contributed by atoms with van der Waals surface area (Å²) in [4.78, 5) is 17.1. The molecule has 23 heavy (non-hydrogen) atoms. The monoisotopic (exact) mass is 328 g/mol. The number of carbonyl (C=O) groups excluding carboxylic acids is 1. The first kappa shape index (κ1) is 16.3. The molecule has 1 amide bonds. The summed E-state index contributed by atoms with van der Waals surface area (Å²) >= 11 is 1.53. The zero-order chi connectivity index (χ0) is 16.2. The molecule has 1 aromatic carbocycles. The lowest BCUT2D eigenvalue weighted by atomic mass is 9.86. The van der Waals surface area contributed by atoms with E-state index >= 15 is 0 Å². The fraction of sp³-hybridized carbons (Fsp3) is 0.474. The molecule has 1 aliphatic rings. The highest BCUT2D eigenvalue weighted by atomic mass is 32.2. The van der Waals surface area contributed by atoms with Gasteiger partial charge in [-0.05, 0) is 37.8 Å². The lowest BCUT2D eigenvalue weighted by molar-refractivity contribution is -0.121. The van der Waals surface area contributed by atoms with Crippen molar-refractivity contribution in [3.8, 4) is 0 Å². The minimum atomic E-state index is -0.127. The third-order valence-corrected chi connectivity index (χ3v) is 5.72. The molecule has 0 spiro atoms. The van der Waals surface area contributed by atoms with Crippen LogP contribution in [-0.4, -0.2) is 22.2 Å². The second-order valence-electron chi connectivity index (χ2n) is 6.48. The molecule has 0 aliphatic heterocycles. The highest BCUT2D eigenvalue weighted by Crippen LogP contribution is 2.26. The van der Waals surface area contributed by atoms with Gasteiger partial charge in [0, 0.05) is 11.4 Å². The molecule has 3 atom stereocenters. The summed E-state index contributed by atoms with van der Waals surface area (Å²) in [5.41, 5.74) is 0.978. The van der Waals surface area contributed by atoms with Crippen LogP contribution in [0.4, 0.5) is 0 Å². The minimum Gasteiger partial charge on any atom is -0.352 e. The van der Waals surface area contributed by atoms with Crippen molar-refractivity contribution >= 4 is 28.6 Å². The van der Waals surface area contributed by atoms with Crippen LogP contribution >= 0.6 is 11.8 Å². The fourth-order valence-electron chi connectivity index (χ4n) is 3.18. The lowest BCUT2D eigenvalue weighted by Gasteiger charge is -2.30. The first-order valence-electron chi connectivity index (χ1n) is 8.46. The van der Waals surface area contributed by atoms with Crippen LogP contribution < -0.4 is 5.32 Å². The number of hydrogen-bond donors (Lipinski definition) is 1. The molecule has 0 bridgehead atoms. The number of benzene rings is 1. The third kappa shape index (κ3) is 4.05. The number of carbonyl (C=O) groups is 1. The molecule has 1 fully saturated rings. The quantitative estimate of drug-likeness (QED) is 0.845. The van der Waals surface area contributed by atoms with Gasteiger partial charge >= 0.3 is 0 Å². The molecule has 3 nitrogen and oxygen atoms in total. The predicted molar refractivity (Wildman–Crippen MR) is 96.6 cm³/mol. The van der Waals surface area contributed by atoms with Crippen LogP contribution in [0.3, 0.4) is 0 Å². The van der Waals surface area contributed by atoms with E-state index in [1.54, 1.807) is 0 Å². The van der Waals surface area contributed by atoms with Gasteiger partial charge in [-0.25, -0.2) is 4.98 Å². The van der Waals surface area contributed by atoms with Crippen molar-refractivity contribution in [3.63, 3.8) is 0 Å². The van der Waals surface area contributed by atoms with E-state index in [2.05, 4.69) is 29.4 Å². The van der Waals surface area contributed by atoms with Crippen molar-refractivity contribution in [2.45, 2.75) is 55.8 Å². The maximum absolute atomic E-state index is 12.5. The van der Waals surface area contributed by atoms with Gasteiger partial charge in [0.15, 0.2) is 0 Å². The zero-order valence-corrected chi connectivity index (χ0v) is 14.6. The number of pyridine rings is 1. The summed E-state index contributed by atoms with van der Waals surface area (Å²) in [6.45, 7) is 4.21. The van der Waals surface area contributed by atoms with E-state index in [4.69, 9.17) is 0 Å². The van der Waals surface area contributed by atoms with Gasteiger partial charge in [-0.3, -0.25) is 4.79 Å². The molecular formula is C19H24N2OS. The number of hydrogen-bond acceptors (Lipinski definition) is 3. The Morgan fingerprint density at radius 2 is 2.00 bits per heavy atom. The van der Waals surface area contributed by atoms with Crippen LogP contribution in [0.5, 0.6) is 0 Å². The highest BCUT2D eigenvalue weighted by molar-refractivity contribution is 8.00. The Bertz CT molecular complexity index is 688.